The van der Waals surface area contributed by atoms with E-state index < -0.39 is 29.6 Å². The molecule has 0 amide bonds. The largest absolute Gasteiger partial charge is 0.481 e. The number of alkyl halides is 2. The van der Waals surface area contributed by atoms with E-state index in [2.05, 4.69) is 4.74 Å². The maximum Gasteiger partial charge on any atom is 0.387 e. The van der Waals surface area contributed by atoms with Gasteiger partial charge in [-0.1, -0.05) is 13.0 Å². The molecule has 22 heavy (non-hydrogen) atoms. The molecule has 0 bridgehead atoms. The van der Waals surface area contributed by atoms with Crippen molar-refractivity contribution in [3.8, 4) is 5.75 Å². The number of carbonyl (C=O) groups excluding carboxylic acids is 1. The van der Waals surface area contributed by atoms with Gasteiger partial charge in [0.05, 0.1) is 5.41 Å². The Bertz CT molecular complexity index is 560. The van der Waals surface area contributed by atoms with E-state index in [4.69, 9.17) is 5.11 Å². The molecule has 0 saturated carbocycles. The average Bonchev–Trinajstić information content (AvgIpc) is 2.41. The molecule has 0 aromatic heterocycles. The van der Waals surface area contributed by atoms with Crippen LogP contribution in [0.25, 0.3) is 0 Å². The van der Waals surface area contributed by atoms with Crippen LogP contribution in [-0.2, 0) is 16.0 Å². The predicted octanol–water partition coefficient (Wildman–Crippen LogP) is 3.43. The Balaban J connectivity index is 2.77. The van der Waals surface area contributed by atoms with Gasteiger partial charge in [-0.2, -0.15) is 8.78 Å². The number of ketones is 1. The molecule has 1 aromatic carbocycles. The van der Waals surface area contributed by atoms with Gasteiger partial charge in [0.15, 0.2) is 11.6 Å². The minimum Gasteiger partial charge on any atom is -0.481 e. The lowest BCUT2D eigenvalue weighted by molar-refractivity contribution is -0.150. The van der Waals surface area contributed by atoms with E-state index in [-0.39, 0.29) is 30.6 Å². The van der Waals surface area contributed by atoms with E-state index in [1.54, 1.807) is 6.92 Å². The van der Waals surface area contributed by atoms with Crippen LogP contribution in [-0.4, -0.2) is 23.5 Å². The van der Waals surface area contributed by atoms with Gasteiger partial charge in [0.2, 0.25) is 0 Å². The number of benzene rings is 1. The lowest BCUT2D eigenvalue weighted by Gasteiger charge is -2.21. The molecule has 0 spiro atoms. The van der Waals surface area contributed by atoms with Gasteiger partial charge in [0, 0.05) is 12.8 Å². The molecule has 1 aromatic rings. The Labute approximate surface area is 125 Å². The molecule has 0 saturated heterocycles. The van der Waals surface area contributed by atoms with E-state index in [1.807, 2.05) is 0 Å². The summed E-state index contributed by atoms with van der Waals surface area (Å²) in [5.74, 6) is -3.04. The summed E-state index contributed by atoms with van der Waals surface area (Å²) in [6.07, 6.45) is -0.0753. The summed E-state index contributed by atoms with van der Waals surface area (Å²) >= 11 is 0. The highest BCUT2D eigenvalue weighted by molar-refractivity contribution is 5.87. The summed E-state index contributed by atoms with van der Waals surface area (Å²) in [7, 11) is 0. The van der Waals surface area contributed by atoms with Gasteiger partial charge in [0.25, 0.3) is 0 Å². The Morgan fingerprint density at radius 1 is 1.36 bits per heavy atom. The second-order valence-electron chi connectivity index (χ2n) is 5.25. The van der Waals surface area contributed by atoms with Crippen molar-refractivity contribution >= 4 is 11.8 Å². The maximum atomic E-state index is 13.5. The molecule has 0 heterocycles. The number of rotatable bonds is 8. The molecule has 7 heteroatoms. The number of hydrogen-bond acceptors (Lipinski definition) is 3. The second-order valence-corrected chi connectivity index (χ2v) is 5.25. The second kappa shape index (κ2) is 7.29. The first kappa shape index (κ1) is 18.0. The van der Waals surface area contributed by atoms with Gasteiger partial charge >= 0.3 is 12.6 Å². The van der Waals surface area contributed by atoms with Crippen LogP contribution in [0.15, 0.2) is 18.2 Å². The van der Waals surface area contributed by atoms with Crippen molar-refractivity contribution < 1.29 is 32.6 Å². The molecule has 0 aliphatic rings. The zero-order chi connectivity index (χ0) is 16.9. The molecular weight excluding hydrogens is 301 g/mol. The van der Waals surface area contributed by atoms with Crippen molar-refractivity contribution in [3.63, 3.8) is 0 Å². The molecule has 0 unspecified atom stereocenters. The van der Waals surface area contributed by atoms with Crippen molar-refractivity contribution in [2.45, 2.75) is 39.7 Å². The first-order valence-corrected chi connectivity index (χ1v) is 6.66. The Hall–Kier alpha value is -2.05. The van der Waals surface area contributed by atoms with Crippen LogP contribution in [0.1, 0.15) is 32.3 Å². The molecular formula is C15H17F3O4. The fraction of sp³-hybridized carbons (Fsp3) is 0.467. The quantitative estimate of drug-likeness (QED) is 0.797. The summed E-state index contributed by atoms with van der Waals surface area (Å²) < 4.78 is 41.5. The molecule has 4 nitrogen and oxygen atoms in total. The van der Waals surface area contributed by atoms with Crippen molar-refractivity contribution in [1.82, 2.24) is 0 Å². The summed E-state index contributed by atoms with van der Waals surface area (Å²) in [6, 6.07) is 3.24. The molecule has 1 rings (SSSR count). The van der Waals surface area contributed by atoms with Crippen molar-refractivity contribution in [2.75, 3.05) is 0 Å². The van der Waals surface area contributed by atoms with Gasteiger partial charge in [-0.25, -0.2) is 4.39 Å². The van der Waals surface area contributed by atoms with Crippen LogP contribution >= 0.6 is 0 Å². The van der Waals surface area contributed by atoms with Gasteiger partial charge in [-0.15, -0.1) is 0 Å². The number of aliphatic carboxylic acids is 1. The summed E-state index contributed by atoms with van der Waals surface area (Å²) in [5.41, 5.74) is -0.901. The zero-order valence-electron chi connectivity index (χ0n) is 12.2. The molecule has 0 aliphatic carbocycles. The van der Waals surface area contributed by atoms with E-state index in [0.29, 0.717) is 0 Å². The fourth-order valence-electron chi connectivity index (χ4n) is 1.92. The first-order chi connectivity index (χ1) is 10.2. The summed E-state index contributed by atoms with van der Waals surface area (Å²) in [6.45, 7) is -0.00639. The van der Waals surface area contributed by atoms with E-state index in [9.17, 15) is 22.8 Å². The van der Waals surface area contributed by atoms with Crippen molar-refractivity contribution in [3.05, 3.63) is 29.6 Å². The number of ether oxygens (including phenoxy) is 1. The van der Waals surface area contributed by atoms with Crippen molar-refractivity contribution in [1.29, 1.82) is 0 Å². The van der Waals surface area contributed by atoms with E-state index >= 15 is 0 Å². The number of Topliss-reactive ketones (excluding diaryl/α,β-unsaturated/α-hetero) is 1. The number of hydrogen-bond donors (Lipinski definition) is 1. The molecule has 0 radical (unpaired) electrons. The topological polar surface area (TPSA) is 63.6 Å². The highest BCUT2D eigenvalue weighted by Gasteiger charge is 2.33. The third kappa shape index (κ3) is 4.75. The normalized spacial score (nSPS) is 13.7. The molecule has 1 atom stereocenters. The first-order valence-electron chi connectivity index (χ1n) is 6.66. The lowest BCUT2D eigenvalue weighted by Crippen LogP contribution is -2.30. The molecule has 1 N–H and O–H groups in total. The van der Waals surface area contributed by atoms with Crippen LogP contribution in [0.4, 0.5) is 13.2 Å². The van der Waals surface area contributed by atoms with E-state index in [0.717, 1.165) is 12.1 Å². The SMILES string of the molecule is CC[C@@](C)(CC(=O)Cc1ccc(OC(F)F)c(F)c1)C(=O)O. The average molecular weight is 318 g/mol. The molecule has 0 fully saturated rings. The monoisotopic (exact) mass is 318 g/mol. The van der Waals surface area contributed by atoms with Gasteiger partial charge < -0.3 is 9.84 Å². The van der Waals surface area contributed by atoms with Crippen LogP contribution in [0, 0.1) is 11.2 Å². The number of carboxylic acids is 1. The van der Waals surface area contributed by atoms with E-state index in [1.165, 1.54) is 13.0 Å². The molecule has 0 aliphatic heterocycles. The highest BCUT2D eigenvalue weighted by atomic mass is 19.3. The maximum absolute atomic E-state index is 13.5. The summed E-state index contributed by atoms with van der Waals surface area (Å²) in [4.78, 5) is 23.1. The number of halogens is 3. The molecule has 122 valence electrons. The fourth-order valence-corrected chi connectivity index (χ4v) is 1.92. The summed E-state index contributed by atoms with van der Waals surface area (Å²) in [5, 5.41) is 9.11. The van der Waals surface area contributed by atoms with Crippen LogP contribution in [0.5, 0.6) is 5.75 Å². The van der Waals surface area contributed by atoms with Crippen LogP contribution in [0.2, 0.25) is 0 Å². The zero-order valence-corrected chi connectivity index (χ0v) is 12.2. The minimum absolute atomic E-state index is 0.172. The third-order valence-electron chi connectivity index (χ3n) is 3.50. The number of carboxylic acid groups (broad SMARTS) is 1. The van der Waals surface area contributed by atoms with Crippen LogP contribution < -0.4 is 4.74 Å². The number of carbonyl (C=O) groups is 2. The lowest BCUT2D eigenvalue weighted by atomic mass is 9.81. The smallest absolute Gasteiger partial charge is 0.387 e. The standard InChI is InChI=1S/C15H17F3O4/c1-3-15(2,13(20)21)8-10(19)6-9-4-5-12(11(16)7-9)22-14(17)18/h4-5,7,14H,3,6,8H2,1-2H3,(H,20,21)/t15-/m0/s1. The minimum atomic E-state index is -3.14. The van der Waals surface area contributed by atoms with Gasteiger partial charge in [-0.05, 0) is 31.0 Å². The van der Waals surface area contributed by atoms with Crippen LogP contribution in [0.3, 0.4) is 0 Å². The third-order valence-corrected chi connectivity index (χ3v) is 3.50. The van der Waals surface area contributed by atoms with Gasteiger partial charge in [-0.3, -0.25) is 9.59 Å². The van der Waals surface area contributed by atoms with Crippen molar-refractivity contribution in [2.24, 2.45) is 5.41 Å². The predicted molar refractivity (Wildman–Crippen MR) is 72.4 cm³/mol. The Morgan fingerprint density at radius 2 is 2.00 bits per heavy atom. The highest BCUT2D eigenvalue weighted by Crippen LogP contribution is 2.27. The Morgan fingerprint density at radius 3 is 2.45 bits per heavy atom. The Kier molecular flexibility index (Phi) is 5.96. The van der Waals surface area contributed by atoms with Gasteiger partial charge in [0.1, 0.15) is 5.78 Å².